The van der Waals surface area contributed by atoms with Crippen LogP contribution in [0.2, 0.25) is 0 Å². The third kappa shape index (κ3) is 7.24. The number of hydrogen-bond acceptors (Lipinski definition) is 2. The van der Waals surface area contributed by atoms with Gasteiger partial charge in [0.15, 0.2) is 0 Å². The van der Waals surface area contributed by atoms with Crippen LogP contribution >= 0.6 is 12.4 Å². The molecule has 0 radical (unpaired) electrons. The third-order valence-corrected chi connectivity index (χ3v) is 4.36. The van der Waals surface area contributed by atoms with E-state index in [-0.39, 0.29) is 36.3 Å². The first kappa shape index (κ1) is 23.7. The van der Waals surface area contributed by atoms with Crippen molar-refractivity contribution in [3.63, 3.8) is 0 Å². The number of alkyl halides is 3. The second kappa shape index (κ2) is 10.0. The molecule has 0 heterocycles. The number of nitrogens with zero attached hydrogens (tertiary/aromatic N) is 1. The summed E-state index contributed by atoms with van der Waals surface area (Å²) in [5.74, 6) is -0.349. The highest BCUT2D eigenvalue weighted by Crippen LogP contribution is 2.36. The molecule has 0 saturated heterocycles. The number of rotatable bonds is 7. The lowest BCUT2D eigenvalue weighted by molar-refractivity contribution is -0.139. The lowest BCUT2D eigenvalue weighted by Crippen LogP contribution is -2.35. The van der Waals surface area contributed by atoms with Gasteiger partial charge in [0.05, 0.1) is 5.56 Å². The summed E-state index contributed by atoms with van der Waals surface area (Å²) in [6, 6.07) is 5.43. The van der Waals surface area contributed by atoms with Gasteiger partial charge in [0.1, 0.15) is 0 Å². The van der Waals surface area contributed by atoms with Crippen molar-refractivity contribution in [3.05, 3.63) is 35.4 Å². The zero-order chi connectivity index (χ0) is 18.5. The van der Waals surface area contributed by atoms with Gasteiger partial charge in [-0.05, 0) is 29.9 Å². The molecule has 2 N–H and O–H groups in total. The molecular formula is C18H28ClF3N2O. The molecule has 3 nitrogen and oxygen atoms in total. The van der Waals surface area contributed by atoms with E-state index < -0.39 is 17.7 Å². The van der Waals surface area contributed by atoms with Gasteiger partial charge in [0.25, 0.3) is 0 Å². The monoisotopic (exact) mass is 380 g/mol. The molecule has 1 rings (SSSR count). The largest absolute Gasteiger partial charge is 0.416 e. The Balaban J connectivity index is 0.00000576. The Labute approximate surface area is 154 Å². The number of carbonyl (C=O) groups is 1. The summed E-state index contributed by atoms with van der Waals surface area (Å²) < 4.78 is 39.2. The second-order valence-corrected chi connectivity index (χ2v) is 6.70. The Morgan fingerprint density at radius 1 is 1.20 bits per heavy atom. The van der Waals surface area contributed by atoms with Gasteiger partial charge >= 0.3 is 6.18 Å². The fourth-order valence-electron chi connectivity index (χ4n) is 2.51. The first-order valence-corrected chi connectivity index (χ1v) is 8.19. The predicted octanol–water partition coefficient (Wildman–Crippen LogP) is 4.45. The molecule has 0 bridgehead atoms. The van der Waals surface area contributed by atoms with E-state index in [1.807, 2.05) is 13.8 Å². The molecule has 25 heavy (non-hydrogen) atoms. The molecule has 1 amide bonds. The van der Waals surface area contributed by atoms with Gasteiger partial charge in [-0.3, -0.25) is 4.79 Å². The molecule has 0 spiro atoms. The van der Waals surface area contributed by atoms with E-state index in [2.05, 4.69) is 0 Å². The summed E-state index contributed by atoms with van der Waals surface area (Å²) in [7, 11) is 1.66. The van der Waals surface area contributed by atoms with Crippen molar-refractivity contribution in [1.29, 1.82) is 0 Å². The van der Waals surface area contributed by atoms with Gasteiger partial charge in [0, 0.05) is 26.1 Å². The highest BCUT2D eigenvalue weighted by atomic mass is 35.5. The van der Waals surface area contributed by atoms with Crippen molar-refractivity contribution in [2.45, 2.75) is 51.7 Å². The number of carbonyl (C=O) groups excluding carboxylic acids is 1. The maximum Gasteiger partial charge on any atom is 0.416 e. The predicted molar refractivity (Wildman–Crippen MR) is 96.8 cm³/mol. The van der Waals surface area contributed by atoms with Crippen molar-refractivity contribution >= 4 is 18.3 Å². The summed E-state index contributed by atoms with van der Waals surface area (Å²) in [6.45, 7) is 6.19. The average Bonchev–Trinajstić information content (AvgIpc) is 2.50. The lowest BCUT2D eigenvalue weighted by Gasteiger charge is -2.24. The number of nitrogens with two attached hydrogens (primary N) is 1. The second-order valence-electron chi connectivity index (χ2n) is 6.70. The minimum absolute atomic E-state index is 0. The highest BCUT2D eigenvalue weighted by molar-refractivity contribution is 5.85. The summed E-state index contributed by atoms with van der Waals surface area (Å²) in [6.07, 6.45) is -3.70. The number of benzene rings is 1. The minimum atomic E-state index is -4.41. The Morgan fingerprint density at radius 2 is 1.76 bits per heavy atom. The number of halogens is 4. The van der Waals surface area contributed by atoms with Crippen molar-refractivity contribution in [1.82, 2.24) is 4.90 Å². The molecular weight excluding hydrogens is 353 g/mol. The Bertz CT molecular complexity index is 549. The van der Waals surface area contributed by atoms with Crippen LogP contribution in [0.25, 0.3) is 0 Å². The molecule has 1 aromatic rings. The average molecular weight is 381 g/mol. The van der Waals surface area contributed by atoms with E-state index in [1.165, 1.54) is 12.1 Å². The molecule has 2 unspecified atom stereocenters. The van der Waals surface area contributed by atoms with E-state index in [4.69, 9.17) is 5.73 Å². The molecule has 0 aliphatic carbocycles. The molecule has 1 aromatic carbocycles. The quantitative estimate of drug-likeness (QED) is 0.759. The topological polar surface area (TPSA) is 46.3 Å². The third-order valence-electron chi connectivity index (χ3n) is 4.36. The van der Waals surface area contributed by atoms with Gasteiger partial charge in [-0.2, -0.15) is 13.2 Å². The van der Waals surface area contributed by atoms with Gasteiger partial charge in [-0.15, -0.1) is 12.4 Å². The van der Waals surface area contributed by atoms with Crippen LogP contribution in [0.15, 0.2) is 24.3 Å². The van der Waals surface area contributed by atoms with E-state index in [0.29, 0.717) is 18.9 Å². The van der Waals surface area contributed by atoms with Gasteiger partial charge in [-0.25, -0.2) is 0 Å². The van der Waals surface area contributed by atoms with Crippen LogP contribution < -0.4 is 5.73 Å². The summed E-state index contributed by atoms with van der Waals surface area (Å²) in [5.41, 5.74) is 5.45. The standard InChI is InChI=1S/C18H27F3N2O.ClH/c1-12(2)16(22)9-10-23(4)17(24)11-13(3)14-7-5-6-8-15(14)18(19,20)21;/h5-8,12-13,16H,9-11,22H2,1-4H3;1H. The Kier molecular flexibility index (Phi) is 9.51. The minimum Gasteiger partial charge on any atom is -0.346 e. The van der Waals surface area contributed by atoms with E-state index in [9.17, 15) is 18.0 Å². The van der Waals surface area contributed by atoms with Gasteiger partial charge in [-0.1, -0.05) is 39.0 Å². The van der Waals surface area contributed by atoms with Crippen molar-refractivity contribution < 1.29 is 18.0 Å². The smallest absolute Gasteiger partial charge is 0.346 e. The Morgan fingerprint density at radius 3 is 2.28 bits per heavy atom. The summed E-state index contributed by atoms with van der Waals surface area (Å²) >= 11 is 0. The molecule has 7 heteroatoms. The van der Waals surface area contributed by atoms with Crippen molar-refractivity contribution in [3.8, 4) is 0 Å². The molecule has 0 aliphatic heterocycles. The first-order chi connectivity index (χ1) is 11.0. The molecule has 0 aliphatic rings. The number of amides is 1. The van der Waals surface area contributed by atoms with E-state index in [0.717, 1.165) is 6.07 Å². The van der Waals surface area contributed by atoms with Crippen LogP contribution in [-0.2, 0) is 11.0 Å². The van der Waals surface area contributed by atoms with Crippen molar-refractivity contribution in [2.24, 2.45) is 11.7 Å². The molecule has 0 aromatic heterocycles. The fourth-order valence-corrected chi connectivity index (χ4v) is 2.51. The van der Waals surface area contributed by atoms with Gasteiger partial charge < -0.3 is 10.6 Å². The highest BCUT2D eigenvalue weighted by Gasteiger charge is 2.34. The van der Waals surface area contributed by atoms with Crippen LogP contribution in [0.4, 0.5) is 13.2 Å². The van der Waals surface area contributed by atoms with Crippen LogP contribution in [0.5, 0.6) is 0 Å². The van der Waals surface area contributed by atoms with Crippen LogP contribution in [0, 0.1) is 5.92 Å². The van der Waals surface area contributed by atoms with Gasteiger partial charge in [0.2, 0.25) is 5.91 Å². The normalized spacial score (nSPS) is 14.0. The first-order valence-electron chi connectivity index (χ1n) is 8.19. The zero-order valence-corrected chi connectivity index (χ0v) is 16.0. The van der Waals surface area contributed by atoms with Crippen LogP contribution in [0.1, 0.15) is 50.7 Å². The molecule has 144 valence electrons. The maximum atomic E-state index is 13.1. The SMILES string of the molecule is CC(CC(=O)N(C)CCC(N)C(C)C)c1ccccc1C(F)(F)F.Cl. The van der Waals surface area contributed by atoms with Crippen molar-refractivity contribution in [2.75, 3.05) is 13.6 Å². The fraction of sp³-hybridized carbons (Fsp3) is 0.611. The molecule has 0 fully saturated rings. The molecule has 2 atom stereocenters. The number of hydrogen-bond donors (Lipinski definition) is 1. The van der Waals surface area contributed by atoms with E-state index in [1.54, 1.807) is 24.9 Å². The maximum absolute atomic E-state index is 13.1. The zero-order valence-electron chi connectivity index (χ0n) is 15.1. The van der Waals surface area contributed by atoms with Crippen LogP contribution in [0.3, 0.4) is 0 Å². The Hall–Kier alpha value is -1.27. The summed E-state index contributed by atoms with van der Waals surface area (Å²) in [5, 5.41) is 0. The molecule has 0 saturated carbocycles. The van der Waals surface area contributed by atoms with Crippen LogP contribution in [-0.4, -0.2) is 30.4 Å². The summed E-state index contributed by atoms with van der Waals surface area (Å²) in [4.78, 5) is 13.8. The lowest BCUT2D eigenvalue weighted by atomic mass is 9.92. The van der Waals surface area contributed by atoms with E-state index >= 15 is 0 Å².